The van der Waals surface area contributed by atoms with Gasteiger partial charge in [-0.2, -0.15) is 0 Å². The van der Waals surface area contributed by atoms with E-state index in [2.05, 4.69) is 26.8 Å². The zero-order valence-corrected chi connectivity index (χ0v) is 11.0. The van der Waals surface area contributed by atoms with E-state index in [1.54, 1.807) is 0 Å². The van der Waals surface area contributed by atoms with Crippen molar-refractivity contribution in [2.45, 2.75) is 59.8 Å². The van der Waals surface area contributed by atoms with Crippen molar-refractivity contribution in [3.63, 3.8) is 0 Å². The highest BCUT2D eigenvalue weighted by Crippen LogP contribution is 2.17. The molecule has 2 heteroatoms. The summed E-state index contributed by atoms with van der Waals surface area (Å²) in [6.45, 7) is 8.15. The molecule has 0 rings (SSSR count). The van der Waals surface area contributed by atoms with E-state index in [0.717, 1.165) is 31.3 Å². The van der Waals surface area contributed by atoms with Crippen molar-refractivity contribution in [1.29, 1.82) is 0 Å². The van der Waals surface area contributed by atoms with Gasteiger partial charge in [0, 0.05) is 5.57 Å². The summed E-state index contributed by atoms with van der Waals surface area (Å²) in [6.07, 6.45) is 6.66. The van der Waals surface area contributed by atoms with Crippen LogP contribution in [-0.2, 0) is 4.79 Å². The minimum absolute atomic E-state index is 0.615. The van der Waals surface area contributed by atoms with Crippen LogP contribution in [0, 0.1) is 0 Å². The number of carbonyl (C=O) groups is 1. The monoisotopic (exact) mass is 224 g/mol. The van der Waals surface area contributed by atoms with Crippen LogP contribution in [0.1, 0.15) is 59.8 Å². The summed E-state index contributed by atoms with van der Waals surface area (Å²) >= 11 is 0. The standard InChI is InChI=1S/C14H24O2/c1-5-6-10-13(14(15)16)12(4)9-7-8-11(2)3/h8H,5-7,9-10H2,1-4H3,(H,15,16)/b13-12+. The van der Waals surface area contributed by atoms with E-state index in [9.17, 15) is 4.79 Å². The summed E-state index contributed by atoms with van der Waals surface area (Å²) in [5, 5.41) is 9.11. The number of carboxylic acids is 1. The Balaban J connectivity index is 4.45. The van der Waals surface area contributed by atoms with Crippen molar-refractivity contribution in [3.8, 4) is 0 Å². The van der Waals surface area contributed by atoms with Crippen LogP contribution in [-0.4, -0.2) is 11.1 Å². The van der Waals surface area contributed by atoms with Gasteiger partial charge in [-0.1, -0.05) is 30.6 Å². The summed E-state index contributed by atoms with van der Waals surface area (Å²) in [4.78, 5) is 11.1. The quantitative estimate of drug-likeness (QED) is 0.516. The Morgan fingerprint density at radius 2 is 1.81 bits per heavy atom. The number of aliphatic carboxylic acids is 1. The third kappa shape index (κ3) is 6.44. The van der Waals surface area contributed by atoms with Crippen molar-refractivity contribution in [2.24, 2.45) is 0 Å². The maximum atomic E-state index is 11.1. The van der Waals surface area contributed by atoms with Gasteiger partial charge in [0.25, 0.3) is 0 Å². The molecule has 1 N–H and O–H groups in total. The molecule has 0 bridgehead atoms. The molecule has 92 valence electrons. The highest BCUT2D eigenvalue weighted by Gasteiger charge is 2.10. The maximum absolute atomic E-state index is 11.1. The van der Waals surface area contributed by atoms with Gasteiger partial charge in [0.05, 0.1) is 0 Å². The SMILES string of the molecule is CCCC/C(C(=O)O)=C(/C)CCC=C(C)C. The largest absolute Gasteiger partial charge is 0.478 e. The van der Waals surface area contributed by atoms with Crippen LogP contribution in [0.5, 0.6) is 0 Å². The Labute approximate surface area is 99.1 Å². The first kappa shape index (κ1) is 14.9. The minimum atomic E-state index is -0.747. The molecule has 0 aromatic carbocycles. The van der Waals surface area contributed by atoms with Gasteiger partial charge in [-0.15, -0.1) is 0 Å². The van der Waals surface area contributed by atoms with Gasteiger partial charge in [0.2, 0.25) is 0 Å². The van der Waals surface area contributed by atoms with E-state index in [1.165, 1.54) is 5.57 Å². The molecule has 0 aliphatic carbocycles. The fraction of sp³-hybridized carbons (Fsp3) is 0.643. The molecular weight excluding hydrogens is 200 g/mol. The fourth-order valence-corrected chi connectivity index (χ4v) is 1.58. The molecule has 0 aliphatic heterocycles. The fourth-order valence-electron chi connectivity index (χ4n) is 1.58. The van der Waals surface area contributed by atoms with Gasteiger partial charge in [0.15, 0.2) is 0 Å². The zero-order chi connectivity index (χ0) is 12.6. The van der Waals surface area contributed by atoms with Crippen molar-refractivity contribution in [2.75, 3.05) is 0 Å². The minimum Gasteiger partial charge on any atom is -0.478 e. The summed E-state index contributed by atoms with van der Waals surface area (Å²) in [5.74, 6) is -0.747. The first-order valence-corrected chi connectivity index (χ1v) is 6.04. The average Bonchev–Trinajstić information content (AvgIpc) is 2.17. The van der Waals surface area contributed by atoms with E-state index in [0.29, 0.717) is 12.0 Å². The van der Waals surface area contributed by atoms with Crippen LogP contribution in [0.25, 0.3) is 0 Å². The maximum Gasteiger partial charge on any atom is 0.331 e. The lowest BCUT2D eigenvalue weighted by atomic mass is 9.99. The molecule has 0 heterocycles. The number of rotatable bonds is 7. The Morgan fingerprint density at radius 3 is 2.25 bits per heavy atom. The van der Waals surface area contributed by atoms with Gasteiger partial charge < -0.3 is 5.11 Å². The average molecular weight is 224 g/mol. The van der Waals surface area contributed by atoms with Crippen LogP contribution < -0.4 is 0 Å². The normalized spacial score (nSPS) is 12.0. The van der Waals surface area contributed by atoms with E-state index >= 15 is 0 Å². The summed E-state index contributed by atoms with van der Waals surface area (Å²) < 4.78 is 0. The molecule has 0 aromatic rings. The number of carboxylic acid groups (broad SMARTS) is 1. The lowest BCUT2D eigenvalue weighted by molar-refractivity contribution is -0.132. The lowest BCUT2D eigenvalue weighted by Gasteiger charge is -2.07. The zero-order valence-electron chi connectivity index (χ0n) is 11.0. The molecule has 0 atom stereocenters. The highest BCUT2D eigenvalue weighted by molar-refractivity contribution is 5.87. The topological polar surface area (TPSA) is 37.3 Å². The van der Waals surface area contributed by atoms with Crippen molar-refractivity contribution < 1.29 is 9.90 Å². The number of hydrogen-bond donors (Lipinski definition) is 1. The van der Waals surface area contributed by atoms with Crippen molar-refractivity contribution >= 4 is 5.97 Å². The Morgan fingerprint density at radius 1 is 1.19 bits per heavy atom. The van der Waals surface area contributed by atoms with Gasteiger partial charge in [-0.3, -0.25) is 0 Å². The van der Waals surface area contributed by atoms with Gasteiger partial charge in [-0.25, -0.2) is 4.79 Å². The summed E-state index contributed by atoms with van der Waals surface area (Å²) in [5.41, 5.74) is 2.93. The first-order chi connectivity index (χ1) is 7.49. The molecule has 0 fully saturated rings. The van der Waals surface area contributed by atoms with Crippen molar-refractivity contribution in [1.82, 2.24) is 0 Å². The number of allylic oxidation sites excluding steroid dienone is 3. The lowest BCUT2D eigenvalue weighted by Crippen LogP contribution is -2.03. The summed E-state index contributed by atoms with van der Waals surface area (Å²) in [7, 11) is 0. The van der Waals surface area contributed by atoms with Crippen LogP contribution in [0.4, 0.5) is 0 Å². The van der Waals surface area contributed by atoms with E-state index < -0.39 is 5.97 Å². The second kappa shape index (κ2) is 8.14. The molecule has 0 saturated carbocycles. The molecule has 16 heavy (non-hydrogen) atoms. The van der Waals surface area contributed by atoms with Gasteiger partial charge in [-0.05, 0) is 46.5 Å². The van der Waals surface area contributed by atoms with Gasteiger partial charge in [0.1, 0.15) is 0 Å². The van der Waals surface area contributed by atoms with Crippen LogP contribution in [0.2, 0.25) is 0 Å². The van der Waals surface area contributed by atoms with E-state index in [-0.39, 0.29) is 0 Å². The van der Waals surface area contributed by atoms with Crippen molar-refractivity contribution in [3.05, 3.63) is 22.8 Å². The Hall–Kier alpha value is -1.05. The molecule has 0 aromatic heterocycles. The molecule has 0 radical (unpaired) electrons. The van der Waals surface area contributed by atoms with Crippen LogP contribution >= 0.6 is 0 Å². The molecule has 0 spiro atoms. The van der Waals surface area contributed by atoms with Crippen LogP contribution in [0.15, 0.2) is 22.8 Å². The van der Waals surface area contributed by atoms with E-state index in [4.69, 9.17) is 5.11 Å². The molecule has 0 saturated heterocycles. The van der Waals surface area contributed by atoms with E-state index in [1.807, 2.05) is 6.92 Å². The Bertz CT molecular complexity index is 281. The molecule has 0 aliphatic rings. The number of unbranched alkanes of at least 4 members (excludes halogenated alkanes) is 1. The van der Waals surface area contributed by atoms with Crippen LogP contribution in [0.3, 0.4) is 0 Å². The predicted molar refractivity (Wildman–Crippen MR) is 68.5 cm³/mol. The smallest absolute Gasteiger partial charge is 0.331 e. The van der Waals surface area contributed by atoms with Gasteiger partial charge >= 0.3 is 5.97 Å². The molecule has 0 unspecified atom stereocenters. The highest BCUT2D eigenvalue weighted by atomic mass is 16.4. The third-order valence-electron chi connectivity index (χ3n) is 2.63. The summed E-state index contributed by atoms with van der Waals surface area (Å²) in [6, 6.07) is 0. The predicted octanol–water partition coefficient (Wildman–Crippen LogP) is 4.32. The first-order valence-electron chi connectivity index (χ1n) is 6.04. The molecule has 0 amide bonds. The molecule has 2 nitrogen and oxygen atoms in total. The third-order valence-corrected chi connectivity index (χ3v) is 2.63. The Kier molecular flexibility index (Phi) is 7.61. The second-order valence-corrected chi connectivity index (χ2v) is 4.49. The molecular formula is C14H24O2. The number of hydrogen-bond acceptors (Lipinski definition) is 1. The second-order valence-electron chi connectivity index (χ2n) is 4.49.